The average molecular weight is 345 g/mol. The lowest BCUT2D eigenvalue weighted by molar-refractivity contribution is 0.101. The SMILES string of the molecule is CCOc1ccc2c(c1OCC)C(=O)/C(=C/c1ccc(Cl)cc1)O2. The molecule has 0 spiro atoms. The first-order chi connectivity index (χ1) is 11.6. The van der Waals surface area contributed by atoms with Crippen molar-refractivity contribution in [3.05, 3.63) is 58.3 Å². The lowest BCUT2D eigenvalue weighted by atomic mass is 10.1. The topological polar surface area (TPSA) is 44.8 Å². The highest BCUT2D eigenvalue weighted by atomic mass is 35.5. The fraction of sp³-hybridized carbons (Fsp3) is 0.211. The van der Waals surface area contributed by atoms with Crippen LogP contribution in [0.15, 0.2) is 42.2 Å². The largest absolute Gasteiger partial charge is 0.490 e. The summed E-state index contributed by atoms with van der Waals surface area (Å²) in [4.78, 5) is 12.8. The number of hydrogen-bond acceptors (Lipinski definition) is 4. The summed E-state index contributed by atoms with van der Waals surface area (Å²) >= 11 is 5.88. The molecule has 0 radical (unpaired) electrons. The maximum Gasteiger partial charge on any atom is 0.235 e. The lowest BCUT2D eigenvalue weighted by Gasteiger charge is -2.12. The van der Waals surface area contributed by atoms with Crippen molar-refractivity contribution in [3.63, 3.8) is 0 Å². The number of carbonyl (C=O) groups is 1. The number of carbonyl (C=O) groups excluding carboxylic acids is 1. The van der Waals surface area contributed by atoms with E-state index < -0.39 is 0 Å². The molecule has 0 saturated heterocycles. The van der Waals surface area contributed by atoms with Gasteiger partial charge in [-0.2, -0.15) is 0 Å². The molecule has 1 heterocycles. The minimum absolute atomic E-state index is 0.218. The van der Waals surface area contributed by atoms with Crippen LogP contribution in [-0.4, -0.2) is 19.0 Å². The van der Waals surface area contributed by atoms with Gasteiger partial charge in [-0.3, -0.25) is 4.79 Å². The van der Waals surface area contributed by atoms with Crippen LogP contribution >= 0.6 is 11.6 Å². The van der Waals surface area contributed by atoms with E-state index in [9.17, 15) is 4.79 Å². The molecule has 0 amide bonds. The number of fused-ring (bicyclic) bond motifs is 1. The zero-order valence-electron chi connectivity index (χ0n) is 13.5. The number of rotatable bonds is 5. The van der Waals surface area contributed by atoms with Gasteiger partial charge in [-0.05, 0) is 49.8 Å². The fourth-order valence-electron chi connectivity index (χ4n) is 2.50. The summed E-state index contributed by atoms with van der Waals surface area (Å²) in [5.74, 6) is 1.49. The smallest absolute Gasteiger partial charge is 0.235 e. The van der Waals surface area contributed by atoms with Crippen LogP contribution in [0.25, 0.3) is 6.08 Å². The van der Waals surface area contributed by atoms with Crippen LogP contribution in [0, 0.1) is 0 Å². The van der Waals surface area contributed by atoms with Gasteiger partial charge in [0.25, 0.3) is 0 Å². The molecule has 1 aliphatic heterocycles. The zero-order valence-corrected chi connectivity index (χ0v) is 14.2. The van der Waals surface area contributed by atoms with Crippen LogP contribution in [0.3, 0.4) is 0 Å². The molecule has 0 bridgehead atoms. The van der Waals surface area contributed by atoms with Gasteiger partial charge in [-0.1, -0.05) is 23.7 Å². The van der Waals surface area contributed by atoms with E-state index in [1.54, 1.807) is 30.3 Å². The molecule has 0 aromatic heterocycles. The molecule has 5 heteroatoms. The Labute approximate surface area is 145 Å². The van der Waals surface area contributed by atoms with Crippen molar-refractivity contribution in [2.24, 2.45) is 0 Å². The molecule has 0 N–H and O–H groups in total. The van der Waals surface area contributed by atoms with Crippen LogP contribution in [0.4, 0.5) is 0 Å². The molecule has 0 aliphatic carbocycles. The third-order valence-electron chi connectivity index (χ3n) is 3.51. The van der Waals surface area contributed by atoms with Gasteiger partial charge in [-0.25, -0.2) is 0 Å². The predicted octanol–water partition coefficient (Wildman–Crippen LogP) is 4.75. The molecule has 124 valence electrons. The first-order valence-corrected chi connectivity index (χ1v) is 8.14. The van der Waals surface area contributed by atoms with Crippen molar-refractivity contribution in [2.45, 2.75) is 13.8 Å². The summed E-state index contributed by atoms with van der Waals surface area (Å²) in [7, 11) is 0. The maximum atomic E-state index is 12.8. The van der Waals surface area contributed by atoms with Gasteiger partial charge in [0.2, 0.25) is 5.78 Å². The van der Waals surface area contributed by atoms with E-state index in [1.807, 2.05) is 26.0 Å². The van der Waals surface area contributed by atoms with Gasteiger partial charge in [0.1, 0.15) is 11.3 Å². The summed E-state index contributed by atoms with van der Waals surface area (Å²) in [5.41, 5.74) is 1.24. The normalized spacial score (nSPS) is 14.5. The molecule has 4 nitrogen and oxygen atoms in total. The van der Waals surface area contributed by atoms with Gasteiger partial charge in [0, 0.05) is 5.02 Å². The third kappa shape index (κ3) is 3.10. The van der Waals surface area contributed by atoms with Crippen LogP contribution in [0.5, 0.6) is 17.2 Å². The second kappa shape index (κ2) is 6.97. The van der Waals surface area contributed by atoms with Gasteiger partial charge in [-0.15, -0.1) is 0 Å². The molecule has 0 unspecified atom stereocenters. The first kappa shape index (κ1) is 16.4. The number of ether oxygens (including phenoxy) is 3. The fourth-order valence-corrected chi connectivity index (χ4v) is 2.62. The number of halogens is 1. The molecule has 2 aromatic carbocycles. The molecule has 1 aliphatic rings. The van der Waals surface area contributed by atoms with Crippen LogP contribution < -0.4 is 14.2 Å². The van der Waals surface area contributed by atoms with Gasteiger partial charge < -0.3 is 14.2 Å². The first-order valence-electron chi connectivity index (χ1n) is 7.76. The van der Waals surface area contributed by atoms with Crippen LogP contribution in [0.2, 0.25) is 5.02 Å². The Balaban J connectivity index is 2.00. The molecule has 24 heavy (non-hydrogen) atoms. The summed E-state index contributed by atoms with van der Waals surface area (Å²) in [6, 6.07) is 10.7. The van der Waals surface area contributed by atoms with Crippen LogP contribution in [0.1, 0.15) is 29.8 Å². The number of Topliss-reactive ketones (excluding diaryl/α,β-unsaturated/α-hetero) is 1. The van der Waals surface area contributed by atoms with E-state index in [4.69, 9.17) is 25.8 Å². The zero-order chi connectivity index (χ0) is 17.1. The van der Waals surface area contributed by atoms with E-state index >= 15 is 0 Å². The standard InChI is InChI=1S/C19H17ClO4/c1-3-22-15-10-9-14-17(19(15)23-4-2)18(21)16(24-14)11-12-5-7-13(20)8-6-12/h5-11H,3-4H2,1-2H3/b16-11-. The number of allylic oxidation sites excluding steroid dienone is 1. The van der Waals surface area contributed by atoms with Crippen molar-refractivity contribution in [1.82, 2.24) is 0 Å². The van der Waals surface area contributed by atoms with Crippen molar-refractivity contribution in [3.8, 4) is 17.2 Å². The van der Waals surface area contributed by atoms with Crippen molar-refractivity contribution in [1.29, 1.82) is 0 Å². The van der Waals surface area contributed by atoms with Crippen LogP contribution in [-0.2, 0) is 0 Å². The van der Waals surface area contributed by atoms with Crippen molar-refractivity contribution in [2.75, 3.05) is 13.2 Å². The quantitative estimate of drug-likeness (QED) is 0.734. The van der Waals surface area contributed by atoms with E-state index in [0.29, 0.717) is 41.0 Å². The highest BCUT2D eigenvalue weighted by Crippen LogP contribution is 2.43. The summed E-state index contributed by atoms with van der Waals surface area (Å²) in [6.45, 7) is 4.66. The Kier molecular flexibility index (Phi) is 4.76. The number of ketones is 1. The predicted molar refractivity (Wildman–Crippen MR) is 93.2 cm³/mol. The highest BCUT2D eigenvalue weighted by molar-refractivity contribution is 6.30. The van der Waals surface area contributed by atoms with E-state index in [0.717, 1.165) is 5.56 Å². The number of hydrogen-bond donors (Lipinski definition) is 0. The third-order valence-corrected chi connectivity index (χ3v) is 3.76. The molecule has 0 saturated carbocycles. The van der Waals surface area contributed by atoms with Crippen molar-refractivity contribution >= 4 is 23.5 Å². The Bertz CT molecular complexity index is 794. The molecule has 0 atom stereocenters. The van der Waals surface area contributed by atoms with Gasteiger partial charge in [0.05, 0.1) is 13.2 Å². The second-order valence-electron chi connectivity index (χ2n) is 5.12. The minimum Gasteiger partial charge on any atom is -0.490 e. The summed E-state index contributed by atoms with van der Waals surface area (Å²) < 4.78 is 16.9. The van der Waals surface area contributed by atoms with E-state index in [1.165, 1.54) is 0 Å². The number of benzene rings is 2. The van der Waals surface area contributed by atoms with Crippen molar-refractivity contribution < 1.29 is 19.0 Å². The van der Waals surface area contributed by atoms with Gasteiger partial charge >= 0.3 is 0 Å². The van der Waals surface area contributed by atoms with E-state index in [2.05, 4.69) is 0 Å². The van der Waals surface area contributed by atoms with E-state index in [-0.39, 0.29) is 11.5 Å². The summed E-state index contributed by atoms with van der Waals surface area (Å²) in [5, 5.41) is 0.638. The lowest BCUT2D eigenvalue weighted by Crippen LogP contribution is -2.04. The molecule has 3 rings (SSSR count). The molecular formula is C19H17ClO4. The summed E-state index contributed by atoms with van der Waals surface area (Å²) in [6.07, 6.45) is 1.69. The highest BCUT2D eigenvalue weighted by Gasteiger charge is 2.33. The molecule has 2 aromatic rings. The Morgan fingerprint density at radius 1 is 1.04 bits per heavy atom. The Morgan fingerprint density at radius 3 is 2.42 bits per heavy atom. The monoisotopic (exact) mass is 344 g/mol. The maximum absolute atomic E-state index is 12.8. The average Bonchev–Trinajstić information content (AvgIpc) is 2.89. The molecular weight excluding hydrogens is 328 g/mol. The Morgan fingerprint density at radius 2 is 1.75 bits per heavy atom. The Hall–Kier alpha value is -2.46. The minimum atomic E-state index is -0.218. The molecule has 0 fully saturated rings. The van der Waals surface area contributed by atoms with Gasteiger partial charge in [0.15, 0.2) is 17.3 Å². The second-order valence-corrected chi connectivity index (χ2v) is 5.56.